The summed E-state index contributed by atoms with van der Waals surface area (Å²) in [5.74, 6) is 0. The van der Waals surface area contributed by atoms with Gasteiger partial charge in [0.2, 0.25) is 5.15 Å². The lowest BCUT2D eigenvalue weighted by Crippen LogP contribution is -1.86. The van der Waals surface area contributed by atoms with Gasteiger partial charge >= 0.3 is 5.69 Å². The standard InChI is InChI=1S/C4H2Cl2N2O2/c5-4-3(8(9)10)1-2-7(4)6/h1-2H. The van der Waals surface area contributed by atoms with Gasteiger partial charge in [0.25, 0.3) is 0 Å². The van der Waals surface area contributed by atoms with Crippen LogP contribution in [0.5, 0.6) is 0 Å². The van der Waals surface area contributed by atoms with Crippen LogP contribution < -0.4 is 0 Å². The predicted molar refractivity (Wildman–Crippen MR) is 37.3 cm³/mol. The molecule has 6 heteroatoms. The molecule has 1 aromatic rings. The van der Waals surface area contributed by atoms with Crippen molar-refractivity contribution in [1.82, 2.24) is 4.09 Å². The van der Waals surface area contributed by atoms with Gasteiger partial charge in [-0.05, 0) is 0 Å². The van der Waals surface area contributed by atoms with Crippen molar-refractivity contribution in [3.05, 3.63) is 27.5 Å². The zero-order chi connectivity index (χ0) is 7.72. The Bertz CT molecular complexity index is 270. The van der Waals surface area contributed by atoms with Crippen LogP contribution in [0.25, 0.3) is 0 Å². The first-order valence-corrected chi connectivity index (χ1v) is 3.02. The van der Waals surface area contributed by atoms with Gasteiger partial charge in [-0.15, -0.1) is 0 Å². The number of hydrogen-bond acceptors (Lipinski definition) is 2. The highest BCUT2D eigenvalue weighted by molar-refractivity contribution is 6.35. The first-order valence-electron chi connectivity index (χ1n) is 2.30. The Kier molecular flexibility index (Phi) is 1.82. The second kappa shape index (κ2) is 2.48. The summed E-state index contributed by atoms with van der Waals surface area (Å²) in [5, 5.41) is 10.0. The zero-order valence-electron chi connectivity index (χ0n) is 4.62. The van der Waals surface area contributed by atoms with Gasteiger partial charge in [-0.3, -0.25) is 10.1 Å². The Hall–Kier alpha value is -0.740. The monoisotopic (exact) mass is 180 g/mol. The molecule has 0 aliphatic heterocycles. The van der Waals surface area contributed by atoms with Crippen LogP contribution in [-0.2, 0) is 0 Å². The zero-order valence-corrected chi connectivity index (χ0v) is 6.13. The number of rotatable bonds is 1. The minimum atomic E-state index is -0.596. The Labute approximate surface area is 66.2 Å². The molecule has 0 fully saturated rings. The summed E-state index contributed by atoms with van der Waals surface area (Å²) in [6, 6.07) is 1.23. The van der Waals surface area contributed by atoms with Crippen LogP contribution in [0, 0.1) is 10.1 Å². The van der Waals surface area contributed by atoms with Gasteiger partial charge < -0.3 is 0 Å². The molecule has 0 bridgehead atoms. The van der Waals surface area contributed by atoms with E-state index in [1.165, 1.54) is 12.3 Å². The lowest BCUT2D eigenvalue weighted by atomic mass is 10.6. The largest absolute Gasteiger partial charge is 0.307 e. The Morgan fingerprint density at radius 1 is 1.70 bits per heavy atom. The minimum absolute atomic E-state index is 0.0772. The van der Waals surface area contributed by atoms with Crippen LogP contribution >= 0.6 is 23.4 Å². The molecule has 0 radical (unpaired) electrons. The van der Waals surface area contributed by atoms with E-state index < -0.39 is 4.92 Å². The van der Waals surface area contributed by atoms with Crippen molar-refractivity contribution in [3.63, 3.8) is 0 Å². The Morgan fingerprint density at radius 2 is 2.30 bits per heavy atom. The summed E-state index contributed by atoms with van der Waals surface area (Å²) >= 11 is 10.7. The van der Waals surface area contributed by atoms with Crippen molar-refractivity contribution in [3.8, 4) is 0 Å². The number of halogens is 2. The summed E-state index contributed by atoms with van der Waals surface area (Å²) in [6.45, 7) is 0. The third-order valence-corrected chi connectivity index (χ3v) is 1.70. The van der Waals surface area contributed by atoms with E-state index in [4.69, 9.17) is 23.4 Å². The van der Waals surface area contributed by atoms with Crippen molar-refractivity contribution in [2.45, 2.75) is 0 Å². The molecule has 0 saturated carbocycles. The molecule has 54 valence electrons. The normalized spacial score (nSPS) is 9.80. The number of nitrogens with zero attached hydrogens (tertiary/aromatic N) is 2. The van der Waals surface area contributed by atoms with Gasteiger partial charge in [-0.25, -0.2) is 4.09 Å². The third kappa shape index (κ3) is 1.08. The second-order valence-electron chi connectivity index (χ2n) is 1.56. The fraction of sp³-hybridized carbons (Fsp3) is 0. The van der Waals surface area contributed by atoms with Crippen LogP contribution in [0.4, 0.5) is 5.69 Å². The molecule has 0 aromatic carbocycles. The van der Waals surface area contributed by atoms with Crippen molar-refractivity contribution >= 4 is 29.1 Å². The average molecular weight is 181 g/mol. The molecule has 0 unspecified atom stereocenters. The van der Waals surface area contributed by atoms with Gasteiger partial charge in [0.15, 0.2) is 0 Å². The van der Waals surface area contributed by atoms with Crippen molar-refractivity contribution in [1.29, 1.82) is 0 Å². The second-order valence-corrected chi connectivity index (χ2v) is 2.28. The van der Waals surface area contributed by atoms with Crippen LogP contribution in [0.15, 0.2) is 12.3 Å². The highest BCUT2D eigenvalue weighted by Crippen LogP contribution is 2.25. The van der Waals surface area contributed by atoms with E-state index in [1.54, 1.807) is 0 Å². The van der Waals surface area contributed by atoms with Crippen molar-refractivity contribution in [2.75, 3.05) is 0 Å². The maximum atomic E-state index is 10.1. The smallest absolute Gasteiger partial charge is 0.258 e. The third-order valence-electron chi connectivity index (χ3n) is 0.959. The van der Waals surface area contributed by atoms with E-state index in [0.29, 0.717) is 0 Å². The molecule has 0 saturated heterocycles. The SMILES string of the molecule is O=[N+]([O-])c1ccn(Cl)c1Cl. The molecule has 0 amide bonds. The molecule has 0 atom stereocenters. The number of hydrogen-bond donors (Lipinski definition) is 0. The van der Waals surface area contributed by atoms with E-state index in [9.17, 15) is 10.1 Å². The summed E-state index contributed by atoms with van der Waals surface area (Å²) in [4.78, 5) is 9.49. The van der Waals surface area contributed by atoms with E-state index in [2.05, 4.69) is 0 Å². The molecule has 1 rings (SSSR count). The maximum Gasteiger partial charge on any atom is 0.307 e. The quantitative estimate of drug-likeness (QED) is 0.491. The lowest BCUT2D eigenvalue weighted by molar-refractivity contribution is -0.384. The molecule has 1 aromatic heterocycles. The number of nitro groups is 1. The molecule has 4 nitrogen and oxygen atoms in total. The molecule has 10 heavy (non-hydrogen) atoms. The summed E-state index contributed by atoms with van der Waals surface area (Å²) in [6.07, 6.45) is 1.31. The number of aromatic nitrogens is 1. The van der Waals surface area contributed by atoms with E-state index in [0.717, 1.165) is 4.09 Å². The molecule has 0 aliphatic carbocycles. The molecule has 0 aliphatic rings. The average Bonchev–Trinajstić information content (AvgIpc) is 2.14. The van der Waals surface area contributed by atoms with Crippen LogP contribution in [0.2, 0.25) is 5.15 Å². The van der Waals surface area contributed by atoms with E-state index >= 15 is 0 Å². The van der Waals surface area contributed by atoms with Gasteiger partial charge in [0.05, 0.1) is 4.92 Å². The van der Waals surface area contributed by atoms with Crippen LogP contribution in [0.1, 0.15) is 0 Å². The summed E-state index contributed by atoms with van der Waals surface area (Å²) < 4.78 is 0.958. The molecular weight excluding hydrogens is 179 g/mol. The predicted octanol–water partition coefficient (Wildman–Crippen LogP) is 2.05. The first kappa shape index (κ1) is 7.37. The van der Waals surface area contributed by atoms with Gasteiger partial charge in [-0.2, -0.15) is 0 Å². The lowest BCUT2D eigenvalue weighted by Gasteiger charge is -1.86. The van der Waals surface area contributed by atoms with Gasteiger partial charge in [-0.1, -0.05) is 11.6 Å². The topological polar surface area (TPSA) is 48.1 Å². The summed E-state index contributed by atoms with van der Waals surface area (Å²) in [7, 11) is 0. The van der Waals surface area contributed by atoms with Crippen molar-refractivity contribution in [2.24, 2.45) is 0 Å². The maximum absolute atomic E-state index is 10.1. The molecular formula is C4H2Cl2N2O2. The fourth-order valence-corrected chi connectivity index (χ4v) is 0.847. The Morgan fingerprint density at radius 3 is 2.50 bits per heavy atom. The van der Waals surface area contributed by atoms with Crippen LogP contribution in [0.3, 0.4) is 0 Å². The molecule has 0 spiro atoms. The van der Waals surface area contributed by atoms with Crippen molar-refractivity contribution < 1.29 is 4.92 Å². The minimum Gasteiger partial charge on any atom is -0.258 e. The fourth-order valence-electron chi connectivity index (χ4n) is 0.516. The van der Waals surface area contributed by atoms with Gasteiger partial charge in [0, 0.05) is 24.0 Å². The highest BCUT2D eigenvalue weighted by atomic mass is 35.5. The van der Waals surface area contributed by atoms with E-state index in [-0.39, 0.29) is 10.8 Å². The molecule has 0 N–H and O–H groups in total. The van der Waals surface area contributed by atoms with Crippen LogP contribution in [-0.4, -0.2) is 9.01 Å². The summed E-state index contributed by atoms with van der Waals surface area (Å²) in [5.41, 5.74) is -0.184. The highest BCUT2D eigenvalue weighted by Gasteiger charge is 2.15. The van der Waals surface area contributed by atoms with E-state index in [1.807, 2.05) is 0 Å². The Balaban J connectivity index is 3.17. The molecule has 1 heterocycles. The van der Waals surface area contributed by atoms with Gasteiger partial charge in [0.1, 0.15) is 0 Å². The first-order chi connectivity index (χ1) is 4.63.